The van der Waals surface area contributed by atoms with Crippen LogP contribution in [0, 0.1) is 17.8 Å². The molecular weight excluding hydrogens is 1160 g/mol. The van der Waals surface area contributed by atoms with E-state index in [9.17, 15) is 43.2 Å². The van der Waals surface area contributed by atoms with Crippen molar-refractivity contribution in [3.63, 3.8) is 0 Å². The fraction of sp³-hybridized carbons (Fsp3) is 0.884. The van der Waals surface area contributed by atoms with Gasteiger partial charge in [-0.2, -0.15) is 0 Å². The quantitative estimate of drug-likeness (QED) is 0.0169. The minimum atomic E-state index is -4.96. The molecule has 88 heavy (non-hydrogen) atoms. The summed E-state index contributed by atoms with van der Waals surface area (Å²) in [5, 5.41) is 10.6. The zero-order valence-electron chi connectivity index (χ0n) is 56.7. The third-order valence-electron chi connectivity index (χ3n) is 15.6. The summed E-state index contributed by atoms with van der Waals surface area (Å²) in [6, 6.07) is 0. The van der Waals surface area contributed by atoms with Gasteiger partial charge in [-0.25, -0.2) is 9.13 Å². The number of phosphoric acid groups is 2. The van der Waals surface area contributed by atoms with Gasteiger partial charge in [0.05, 0.1) is 26.4 Å². The van der Waals surface area contributed by atoms with E-state index in [1.165, 1.54) is 103 Å². The Morgan fingerprint density at radius 3 is 1.01 bits per heavy atom. The largest absolute Gasteiger partial charge is 0.472 e. The average Bonchev–Trinajstić information content (AvgIpc) is 3.53. The SMILES string of the molecule is CCCCCC/C=C\C=C/CCCCCCCC(=O)OC[C@H](COP(=O)(O)OCC(O)COP(=O)(O)OC[C@@H](COC(=O)CCCCCCCCCC(C)C)OC(=O)CCCCCCCCC(C)CC)OC(=O)CCCCCCCCCCCCC(C)C. The molecule has 17 nitrogen and oxygen atoms in total. The summed E-state index contributed by atoms with van der Waals surface area (Å²) in [7, 11) is -9.91. The second-order valence-corrected chi connectivity index (χ2v) is 28.3. The van der Waals surface area contributed by atoms with Gasteiger partial charge >= 0.3 is 39.5 Å². The Morgan fingerprint density at radius 1 is 0.375 bits per heavy atom. The van der Waals surface area contributed by atoms with Crippen LogP contribution in [0.4, 0.5) is 0 Å². The number of esters is 4. The zero-order valence-corrected chi connectivity index (χ0v) is 58.5. The van der Waals surface area contributed by atoms with Crippen LogP contribution in [0.25, 0.3) is 0 Å². The van der Waals surface area contributed by atoms with E-state index in [4.69, 9.17) is 37.0 Å². The molecule has 0 bridgehead atoms. The molecule has 0 amide bonds. The normalized spacial score (nSPS) is 14.7. The molecule has 0 rings (SSSR count). The lowest BCUT2D eigenvalue weighted by Crippen LogP contribution is -2.30. The topological polar surface area (TPSA) is 237 Å². The lowest BCUT2D eigenvalue weighted by molar-refractivity contribution is -0.161. The molecule has 0 aliphatic carbocycles. The van der Waals surface area contributed by atoms with Gasteiger partial charge in [0.2, 0.25) is 0 Å². The van der Waals surface area contributed by atoms with Gasteiger partial charge < -0.3 is 33.8 Å². The van der Waals surface area contributed by atoms with Crippen molar-refractivity contribution in [2.75, 3.05) is 39.6 Å². The smallest absolute Gasteiger partial charge is 0.462 e. The highest BCUT2D eigenvalue weighted by atomic mass is 31.2. The Hall–Kier alpha value is -2.46. The predicted octanol–water partition coefficient (Wildman–Crippen LogP) is 19.0. The van der Waals surface area contributed by atoms with Gasteiger partial charge in [0, 0.05) is 25.7 Å². The number of hydrogen-bond acceptors (Lipinski definition) is 15. The van der Waals surface area contributed by atoms with Crippen molar-refractivity contribution in [3.05, 3.63) is 24.3 Å². The van der Waals surface area contributed by atoms with Crippen LogP contribution in [0.15, 0.2) is 24.3 Å². The molecule has 0 spiro atoms. The Labute approximate surface area is 535 Å². The minimum absolute atomic E-state index is 0.0984. The molecule has 0 fully saturated rings. The summed E-state index contributed by atoms with van der Waals surface area (Å²) < 4.78 is 68.1. The second kappa shape index (κ2) is 59.5. The van der Waals surface area contributed by atoms with Gasteiger partial charge in [-0.15, -0.1) is 0 Å². The highest BCUT2D eigenvalue weighted by Crippen LogP contribution is 2.45. The van der Waals surface area contributed by atoms with Gasteiger partial charge in [-0.1, -0.05) is 265 Å². The Bertz CT molecular complexity index is 1830. The molecule has 0 saturated heterocycles. The third-order valence-corrected chi connectivity index (χ3v) is 17.5. The number of unbranched alkanes of at least 4 members (excludes halogenated alkanes) is 29. The monoisotopic (exact) mass is 1290 g/mol. The number of hydrogen-bond donors (Lipinski definition) is 3. The van der Waals surface area contributed by atoms with Crippen molar-refractivity contribution >= 4 is 39.5 Å². The number of allylic oxidation sites excluding steroid dienone is 4. The molecule has 0 aromatic carbocycles. The fourth-order valence-corrected chi connectivity index (χ4v) is 11.4. The molecule has 19 heteroatoms. The van der Waals surface area contributed by atoms with Crippen molar-refractivity contribution in [1.29, 1.82) is 0 Å². The van der Waals surface area contributed by atoms with E-state index in [2.05, 4.69) is 72.8 Å². The highest BCUT2D eigenvalue weighted by molar-refractivity contribution is 7.47. The number of carbonyl (C=O) groups is 4. The first-order valence-electron chi connectivity index (χ1n) is 35.2. The van der Waals surface area contributed by atoms with E-state index in [0.717, 1.165) is 127 Å². The molecule has 0 heterocycles. The molecule has 0 aromatic rings. The Morgan fingerprint density at radius 2 is 0.670 bits per heavy atom. The van der Waals surface area contributed by atoms with Gasteiger partial charge in [0.15, 0.2) is 12.2 Å². The number of carbonyl (C=O) groups excluding carboxylic acids is 4. The minimum Gasteiger partial charge on any atom is -0.462 e. The maximum absolute atomic E-state index is 13.0. The van der Waals surface area contributed by atoms with E-state index in [1.807, 2.05) is 0 Å². The number of phosphoric ester groups is 2. The van der Waals surface area contributed by atoms with E-state index < -0.39 is 97.5 Å². The standard InChI is InChI=1S/C69H130O17P2/c1-8-10-11-12-13-14-15-16-17-18-19-23-28-36-43-50-66(71)79-56-64(85-68(73)52-45-38-29-24-21-20-22-26-33-40-47-60(3)4)58-83-87(75,76)81-54-63(70)55-82-88(77,78)84-59-65(86-69(74)53-46-39-32-31-35-42-49-62(7)9-2)57-80-67(72)51-44-37-30-25-27-34-41-48-61(5)6/h14-17,60-65,70H,8-13,18-59H2,1-7H3,(H,75,76)(H,77,78)/b15-14-,17-16-/t62?,63?,64-,65-/m1/s1. The fourth-order valence-electron chi connectivity index (χ4n) is 9.79. The summed E-state index contributed by atoms with van der Waals surface area (Å²) in [5.41, 5.74) is 0. The second-order valence-electron chi connectivity index (χ2n) is 25.4. The van der Waals surface area contributed by atoms with Gasteiger partial charge in [0.1, 0.15) is 19.3 Å². The Balaban J connectivity index is 5.29. The molecule has 0 saturated carbocycles. The van der Waals surface area contributed by atoms with Crippen LogP contribution in [0.3, 0.4) is 0 Å². The van der Waals surface area contributed by atoms with E-state index in [0.29, 0.717) is 31.6 Å². The van der Waals surface area contributed by atoms with Gasteiger partial charge in [-0.05, 0) is 69.1 Å². The van der Waals surface area contributed by atoms with Crippen molar-refractivity contribution < 1.29 is 80.2 Å². The van der Waals surface area contributed by atoms with Crippen molar-refractivity contribution in [3.8, 4) is 0 Å². The molecule has 0 radical (unpaired) electrons. The molecule has 3 N–H and O–H groups in total. The lowest BCUT2D eigenvalue weighted by atomic mass is 10.00. The van der Waals surface area contributed by atoms with Crippen molar-refractivity contribution in [1.82, 2.24) is 0 Å². The molecule has 0 aromatic heterocycles. The van der Waals surface area contributed by atoms with E-state index in [1.54, 1.807) is 0 Å². The molecule has 518 valence electrons. The van der Waals surface area contributed by atoms with Crippen molar-refractivity contribution in [2.24, 2.45) is 17.8 Å². The van der Waals surface area contributed by atoms with Crippen molar-refractivity contribution in [2.45, 2.75) is 336 Å². The van der Waals surface area contributed by atoms with Crippen LogP contribution >= 0.6 is 15.6 Å². The van der Waals surface area contributed by atoms with Crippen LogP contribution in [-0.2, 0) is 65.4 Å². The van der Waals surface area contributed by atoms with Crippen LogP contribution in [0.2, 0.25) is 0 Å². The summed E-state index contributed by atoms with van der Waals surface area (Å²) in [6.45, 7) is 11.6. The number of ether oxygens (including phenoxy) is 4. The van der Waals surface area contributed by atoms with Crippen LogP contribution in [0.5, 0.6) is 0 Å². The summed E-state index contributed by atoms with van der Waals surface area (Å²) in [6.07, 6.45) is 45.4. The molecule has 6 atom stereocenters. The summed E-state index contributed by atoms with van der Waals surface area (Å²) >= 11 is 0. The first-order chi connectivity index (χ1) is 42.3. The van der Waals surface area contributed by atoms with Gasteiger partial charge in [0.25, 0.3) is 0 Å². The molecule has 0 aliphatic heterocycles. The van der Waals surface area contributed by atoms with Crippen LogP contribution in [-0.4, -0.2) is 96.7 Å². The maximum atomic E-state index is 13.0. The van der Waals surface area contributed by atoms with Gasteiger partial charge in [-0.3, -0.25) is 37.3 Å². The van der Waals surface area contributed by atoms with Crippen LogP contribution < -0.4 is 0 Å². The summed E-state index contributed by atoms with van der Waals surface area (Å²) in [4.78, 5) is 72.4. The third kappa shape index (κ3) is 61.1. The lowest BCUT2D eigenvalue weighted by Gasteiger charge is -2.21. The number of rotatable bonds is 65. The number of aliphatic hydroxyl groups is 1. The molecule has 0 aliphatic rings. The van der Waals surface area contributed by atoms with E-state index >= 15 is 0 Å². The van der Waals surface area contributed by atoms with Crippen LogP contribution in [0.1, 0.15) is 318 Å². The first-order valence-corrected chi connectivity index (χ1v) is 38.2. The summed E-state index contributed by atoms with van der Waals surface area (Å²) in [5.74, 6) is 0.00847. The average molecular weight is 1290 g/mol. The number of aliphatic hydroxyl groups excluding tert-OH is 1. The van der Waals surface area contributed by atoms with E-state index in [-0.39, 0.29) is 25.7 Å². The molecular formula is C69H130O17P2. The highest BCUT2D eigenvalue weighted by Gasteiger charge is 2.30. The maximum Gasteiger partial charge on any atom is 0.472 e. The zero-order chi connectivity index (χ0) is 65.2. The Kier molecular flexibility index (Phi) is 57.9. The first kappa shape index (κ1) is 85.5. The molecule has 4 unspecified atom stereocenters. The predicted molar refractivity (Wildman–Crippen MR) is 354 cm³/mol.